The molecule has 2 rings (SSSR count). The normalized spacial score (nSPS) is 10.8. The summed E-state index contributed by atoms with van der Waals surface area (Å²) >= 11 is 0. The fourth-order valence-electron chi connectivity index (χ4n) is 2.79. The van der Waals surface area contributed by atoms with Gasteiger partial charge in [0.05, 0.1) is 18.8 Å². The zero-order chi connectivity index (χ0) is 22.3. The number of unbranched alkanes of at least 4 members (excludes halogenated alkanes) is 4. The molecule has 2 aromatic carbocycles. The Labute approximate surface area is 185 Å². The van der Waals surface area contributed by atoms with Crippen molar-refractivity contribution in [2.45, 2.75) is 52.4 Å². The summed E-state index contributed by atoms with van der Waals surface area (Å²) in [7, 11) is 0. The third-order valence-corrected chi connectivity index (χ3v) is 4.60. The smallest absolute Gasteiger partial charge is 0.338 e. The number of carbonyl (C=O) groups excluding carboxylic acids is 2. The van der Waals surface area contributed by atoms with Gasteiger partial charge in [-0.15, -0.1) is 0 Å². The lowest BCUT2D eigenvalue weighted by Crippen LogP contribution is -2.06. The van der Waals surface area contributed by atoms with Crippen LogP contribution in [-0.4, -0.2) is 25.2 Å². The van der Waals surface area contributed by atoms with Crippen LogP contribution in [0.3, 0.4) is 0 Å². The molecule has 0 spiro atoms. The van der Waals surface area contributed by atoms with Crippen LogP contribution >= 0.6 is 0 Å². The van der Waals surface area contributed by atoms with Crippen molar-refractivity contribution in [1.29, 1.82) is 0 Å². The number of hydrogen-bond donors (Lipinski definition) is 0. The Morgan fingerprint density at radius 3 is 2.03 bits per heavy atom. The predicted octanol–water partition coefficient (Wildman–Crippen LogP) is 6.22. The van der Waals surface area contributed by atoms with Crippen molar-refractivity contribution in [1.82, 2.24) is 0 Å². The number of hydrogen-bond acceptors (Lipinski definition) is 5. The van der Waals surface area contributed by atoms with Crippen LogP contribution in [0.25, 0.3) is 6.08 Å². The lowest BCUT2D eigenvalue weighted by atomic mass is 10.1. The topological polar surface area (TPSA) is 61.8 Å². The van der Waals surface area contributed by atoms with Gasteiger partial charge in [-0.3, -0.25) is 0 Å². The summed E-state index contributed by atoms with van der Waals surface area (Å²) in [5.41, 5.74) is 1.28. The average molecular weight is 425 g/mol. The zero-order valence-electron chi connectivity index (χ0n) is 18.5. The third kappa shape index (κ3) is 9.51. The Morgan fingerprint density at radius 1 is 0.774 bits per heavy atom. The van der Waals surface area contributed by atoms with Crippen molar-refractivity contribution >= 4 is 18.0 Å². The van der Waals surface area contributed by atoms with Gasteiger partial charge in [0.25, 0.3) is 0 Å². The van der Waals surface area contributed by atoms with Gasteiger partial charge in [0.2, 0.25) is 0 Å². The van der Waals surface area contributed by atoms with E-state index in [1.807, 2.05) is 0 Å². The van der Waals surface area contributed by atoms with E-state index in [1.54, 1.807) is 54.6 Å². The van der Waals surface area contributed by atoms with E-state index in [0.717, 1.165) is 49.8 Å². The minimum Gasteiger partial charge on any atom is -0.494 e. The molecule has 0 bridgehead atoms. The summed E-state index contributed by atoms with van der Waals surface area (Å²) < 4.78 is 16.2. The number of benzene rings is 2. The van der Waals surface area contributed by atoms with Gasteiger partial charge in [-0.25, -0.2) is 9.59 Å². The maximum absolute atomic E-state index is 12.0. The van der Waals surface area contributed by atoms with E-state index in [1.165, 1.54) is 6.08 Å². The van der Waals surface area contributed by atoms with Crippen molar-refractivity contribution in [3.63, 3.8) is 0 Å². The van der Waals surface area contributed by atoms with Crippen LogP contribution in [0.4, 0.5) is 0 Å². The van der Waals surface area contributed by atoms with Crippen molar-refractivity contribution in [2.75, 3.05) is 13.2 Å². The van der Waals surface area contributed by atoms with Crippen LogP contribution in [0.2, 0.25) is 0 Å². The van der Waals surface area contributed by atoms with Crippen LogP contribution in [0.15, 0.2) is 54.6 Å². The molecule has 0 atom stereocenters. The molecule has 0 aliphatic carbocycles. The van der Waals surface area contributed by atoms with E-state index in [4.69, 9.17) is 14.2 Å². The molecule has 0 aliphatic rings. The molecule has 0 heterocycles. The molecule has 0 aromatic heterocycles. The second-order valence-corrected chi connectivity index (χ2v) is 7.25. The molecular formula is C26H32O5. The van der Waals surface area contributed by atoms with Gasteiger partial charge in [0.1, 0.15) is 11.5 Å². The molecule has 0 saturated heterocycles. The first-order chi connectivity index (χ1) is 15.1. The van der Waals surface area contributed by atoms with E-state index in [-0.39, 0.29) is 5.97 Å². The maximum Gasteiger partial charge on any atom is 0.338 e. The van der Waals surface area contributed by atoms with E-state index in [9.17, 15) is 9.59 Å². The number of esters is 2. The minimum atomic E-state index is -0.476. The van der Waals surface area contributed by atoms with Crippen LogP contribution in [0, 0.1) is 0 Å². The predicted molar refractivity (Wildman–Crippen MR) is 122 cm³/mol. The summed E-state index contributed by atoms with van der Waals surface area (Å²) in [6, 6.07) is 13.9. The Hall–Kier alpha value is -3.08. The summed E-state index contributed by atoms with van der Waals surface area (Å²) in [5.74, 6) is 0.409. The standard InChI is InChI=1S/C26H32O5/c1-3-5-7-19-29-23-14-16-24(17-15-23)31-25(27)18-11-21-9-12-22(13-10-21)26(28)30-20-8-6-4-2/h9-18H,3-8,19-20H2,1-2H3/b18-11+. The molecule has 0 radical (unpaired) electrons. The molecule has 2 aromatic rings. The molecule has 0 N–H and O–H groups in total. The Morgan fingerprint density at radius 2 is 1.39 bits per heavy atom. The fraction of sp³-hybridized carbons (Fsp3) is 0.385. The molecule has 0 amide bonds. The Balaban J connectivity index is 1.78. The SMILES string of the molecule is CCCCCOC(=O)c1ccc(/C=C/C(=O)Oc2ccc(OCCCCC)cc2)cc1. The highest BCUT2D eigenvalue weighted by Gasteiger charge is 2.06. The van der Waals surface area contributed by atoms with Gasteiger partial charge in [-0.2, -0.15) is 0 Å². The third-order valence-electron chi connectivity index (χ3n) is 4.60. The van der Waals surface area contributed by atoms with Crippen LogP contribution in [-0.2, 0) is 9.53 Å². The van der Waals surface area contributed by atoms with Gasteiger partial charge in [0, 0.05) is 6.08 Å². The monoisotopic (exact) mass is 424 g/mol. The quantitative estimate of drug-likeness (QED) is 0.165. The molecule has 0 aliphatic heterocycles. The first-order valence-corrected chi connectivity index (χ1v) is 11.0. The number of ether oxygens (including phenoxy) is 3. The highest BCUT2D eigenvalue weighted by Crippen LogP contribution is 2.18. The van der Waals surface area contributed by atoms with Crippen LogP contribution < -0.4 is 9.47 Å². The summed E-state index contributed by atoms with van der Waals surface area (Å²) in [6.45, 7) is 5.38. The first-order valence-electron chi connectivity index (χ1n) is 11.0. The van der Waals surface area contributed by atoms with E-state index in [2.05, 4.69) is 13.8 Å². The first kappa shape index (κ1) is 24.2. The molecule has 0 fully saturated rings. The van der Waals surface area contributed by atoms with Gasteiger partial charge >= 0.3 is 11.9 Å². The fourth-order valence-corrected chi connectivity index (χ4v) is 2.79. The molecular weight excluding hydrogens is 392 g/mol. The molecule has 166 valence electrons. The maximum atomic E-state index is 12.0. The van der Waals surface area contributed by atoms with Crippen molar-refractivity contribution in [3.8, 4) is 11.5 Å². The Bertz CT molecular complexity index is 822. The highest BCUT2D eigenvalue weighted by molar-refractivity contribution is 5.91. The molecule has 5 heteroatoms. The van der Waals surface area contributed by atoms with E-state index < -0.39 is 5.97 Å². The summed E-state index contributed by atoms with van der Waals surface area (Å²) in [4.78, 5) is 24.0. The van der Waals surface area contributed by atoms with Gasteiger partial charge in [-0.1, -0.05) is 51.7 Å². The lowest BCUT2D eigenvalue weighted by Gasteiger charge is -2.06. The zero-order valence-corrected chi connectivity index (χ0v) is 18.5. The minimum absolute atomic E-state index is 0.330. The van der Waals surface area contributed by atoms with Crippen LogP contribution in [0.1, 0.15) is 68.3 Å². The Kier molecular flexibility index (Phi) is 10.9. The molecule has 0 saturated carbocycles. The van der Waals surface area contributed by atoms with Crippen molar-refractivity contribution in [2.24, 2.45) is 0 Å². The lowest BCUT2D eigenvalue weighted by molar-refractivity contribution is -0.128. The second-order valence-electron chi connectivity index (χ2n) is 7.25. The number of carbonyl (C=O) groups is 2. The summed E-state index contributed by atoms with van der Waals surface area (Å²) in [5, 5.41) is 0. The van der Waals surface area contributed by atoms with Gasteiger partial charge in [-0.05, 0) is 60.9 Å². The number of rotatable bonds is 13. The second kappa shape index (κ2) is 14.0. The van der Waals surface area contributed by atoms with E-state index in [0.29, 0.717) is 24.5 Å². The average Bonchev–Trinajstić information content (AvgIpc) is 2.79. The molecule has 0 unspecified atom stereocenters. The largest absolute Gasteiger partial charge is 0.494 e. The van der Waals surface area contributed by atoms with Crippen molar-refractivity contribution < 1.29 is 23.8 Å². The van der Waals surface area contributed by atoms with Crippen LogP contribution in [0.5, 0.6) is 11.5 Å². The summed E-state index contributed by atoms with van der Waals surface area (Å²) in [6.07, 6.45) is 9.33. The highest BCUT2D eigenvalue weighted by atomic mass is 16.5. The van der Waals surface area contributed by atoms with Gasteiger partial charge in [0.15, 0.2) is 0 Å². The van der Waals surface area contributed by atoms with Crippen molar-refractivity contribution in [3.05, 3.63) is 65.7 Å². The van der Waals surface area contributed by atoms with Gasteiger partial charge < -0.3 is 14.2 Å². The molecule has 31 heavy (non-hydrogen) atoms. The van der Waals surface area contributed by atoms with E-state index >= 15 is 0 Å². The molecule has 5 nitrogen and oxygen atoms in total.